The maximum Gasteiger partial charge on any atom is 0.190 e. The minimum atomic E-state index is -3.61. The molecule has 1 aromatic heterocycles. The molecule has 0 saturated heterocycles. The molecule has 0 radical (unpaired) electrons. The van der Waals surface area contributed by atoms with E-state index in [0.29, 0.717) is 11.3 Å². The van der Waals surface area contributed by atoms with Crippen LogP contribution < -0.4 is 0 Å². The summed E-state index contributed by atoms with van der Waals surface area (Å²) < 4.78 is 23.0. The molecule has 0 aromatic carbocycles. The maximum atomic E-state index is 11.5. The first-order chi connectivity index (χ1) is 7.81. The first-order valence-corrected chi connectivity index (χ1v) is 6.73. The number of pyridine rings is 1. The van der Waals surface area contributed by atoms with Crippen LogP contribution in [0.15, 0.2) is 6.07 Å². The summed E-state index contributed by atoms with van der Waals surface area (Å²) in [6, 6.07) is 5.27. The smallest absolute Gasteiger partial charge is 0.190 e. The molecule has 0 spiro atoms. The third kappa shape index (κ3) is 2.61. The van der Waals surface area contributed by atoms with Crippen molar-refractivity contribution >= 4 is 9.84 Å². The van der Waals surface area contributed by atoms with Crippen molar-refractivity contribution in [3.63, 3.8) is 0 Å². The standard InChI is InChI=1S/C11H11N3O2S/c1-7-4-8(2)14-11(9(7)5-12)10(6-13)17(3,15)16/h4,10H,1-3H3. The molecule has 0 aliphatic carbocycles. The van der Waals surface area contributed by atoms with Gasteiger partial charge in [0.05, 0.1) is 17.3 Å². The Bertz CT molecular complexity index is 636. The number of hydrogen-bond acceptors (Lipinski definition) is 5. The molecule has 0 amide bonds. The van der Waals surface area contributed by atoms with E-state index in [2.05, 4.69) is 4.98 Å². The molecule has 0 aliphatic heterocycles. The van der Waals surface area contributed by atoms with Gasteiger partial charge in [0.1, 0.15) is 6.07 Å². The third-order valence-corrected chi connectivity index (χ3v) is 3.46. The van der Waals surface area contributed by atoms with Crippen molar-refractivity contribution in [2.24, 2.45) is 0 Å². The molecule has 17 heavy (non-hydrogen) atoms. The molecule has 5 nitrogen and oxygen atoms in total. The van der Waals surface area contributed by atoms with Crippen LogP contribution in [0.2, 0.25) is 0 Å². The van der Waals surface area contributed by atoms with Gasteiger partial charge in [0.25, 0.3) is 0 Å². The number of aryl methyl sites for hydroxylation is 2. The van der Waals surface area contributed by atoms with Crippen molar-refractivity contribution in [3.05, 3.63) is 28.6 Å². The zero-order chi connectivity index (χ0) is 13.2. The molecule has 0 aliphatic rings. The predicted molar refractivity (Wildman–Crippen MR) is 61.6 cm³/mol. The lowest BCUT2D eigenvalue weighted by Gasteiger charge is -2.11. The fraction of sp³-hybridized carbons (Fsp3) is 0.364. The topological polar surface area (TPSA) is 94.6 Å². The lowest BCUT2D eigenvalue weighted by molar-refractivity contribution is 0.596. The highest BCUT2D eigenvalue weighted by molar-refractivity contribution is 7.91. The fourth-order valence-electron chi connectivity index (χ4n) is 1.56. The predicted octanol–water partition coefficient (Wildman–Crippen LogP) is 1.18. The van der Waals surface area contributed by atoms with Crippen LogP contribution in [0, 0.1) is 36.5 Å². The lowest BCUT2D eigenvalue weighted by Crippen LogP contribution is -2.14. The van der Waals surface area contributed by atoms with E-state index in [1.165, 1.54) is 0 Å². The van der Waals surface area contributed by atoms with E-state index in [1.54, 1.807) is 26.0 Å². The first kappa shape index (κ1) is 13.1. The van der Waals surface area contributed by atoms with Gasteiger partial charge in [0.2, 0.25) is 0 Å². The van der Waals surface area contributed by atoms with Crippen molar-refractivity contribution in [1.82, 2.24) is 4.98 Å². The molecule has 6 heteroatoms. The molecule has 1 rings (SSSR count). The summed E-state index contributed by atoms with van der Waals surface area (Å²) in [5, 5.41) is 16.6. The van der Waals surface area contributed by atoms with Crippen LogP contribution in [0.5, 0.6) is 0 Å². The zero-order valence-corrected chi connectivity index (χ0v) is 10.5. The fourth-order valence-corrected chi connectivity index (χ4v) is 2.33. The van der Waals surface area contributed by atoms with Crippen molar-refractivity contribution in [1.29, 1.82) is 10.5 Å². The van der Waals surface area contributed by atoms with Crippen LogP contribution in [0.1, 0.15) is 27.8 Å². The van der Waals surface area contributed by atoms with Crippen molar-refractivity contribution in [2.45, 2.75) is 19.1 Å². The molecule has 1 heterocycles. The van der Waals surface area contributed by atoms with E-state index in [0.717, 1.165) is 6.26 Å². The molecule has 0 saturated carbocycles. The van der Waals surface area contributed by atoms with Crippen LogP contribution in [0.3, 0.4) is 0 Å². The van der Waals surface area contributed by atoms with Crippen molar-refractivity contribution < 1.29 is 8.42 Å². The number of rotatable bonds is 2. The molecule has 1 aromatic rings. The van der Waals surface area contributed by atoms with Gasteiger partial charge in [0, 0.05) is 11.9 Å². The van der Waals surface area contributed by atoms with E-state index in [4.69, 9.17) is 10.5 Å². The quantitative estimate of drug-likeness (QED) is 0.784. The largest absolute Gasteiger partial charge is 0.254 e. The highest BCUT2D eigenvalue weighted by atomic mass is 32.2. The van der Waals surface area contributed by atoms with Crippen molar-refractivity contribution in [3.8, 4) is 12.1 Å². The zero-order valence-electron chi connectivity index (χ0n) is 9.72. The summed E-state index contributed by atoms with van der Waals surface area (Å²) >= 11 is 0. The summed E-state index contributed by atoms with van der Waals surface area (Å²) in [6.07, 6.45) is 0.960. The summed E-state index contributed by atoms with van der Waals surface area (Å²) in [7, 11) is -3.61. The van der Waals surface area contributed by atoms with E-state index in [1.807, 2.05) is 6.07 Å². The normalized spacial score (nSPS) is 12.5. The number of aromatic nitrogens is 1. The van der Waals surface area contributed by atoms with Gasteiger partial charge in [-0.15, -0.1) is 0 Å². The van der Waals surface area contributed by atoms with E-state index in [-0.39, 0.29) is 11.3 Å². The van der Waals surface area contributed by atoms with Gasteiger partial charge in [-0.1, -0.05) is 0 Å². The van der Waals surface area contributed by atoms with E-state index < -0.39 is 15.1 Å². The molecule has 1 unspecified atom stereocenters. The van der Waals surface area contributed by atoms with E-state index in [9.17, 15) is 8.42 Å². The number of nitrogens with zero attached hydrogens (tertiary/aromatic N) is 3. The lowest BCUT2D eigenvalue weighted by atomic mass is 10.1. The SMILES string of the molecule is Cc1cc(C)c(C#N)c(C(C#N)S(C)(=O)=O)n1. The van der Waals surface area contributed by atoms with Crippen LogP contribution in [0.4, 0.5) is 0 Å². The average Bonchev–Trinajstić information content (AvgIpc) is 2.15. The molecular weight excluding hydrogens is 238 g/mol. The Morgan fingerprint density at radius 2 is 1.94 bits per heavy atom. The van der Waals surface area contributed by atoms with Crippen molar-refractivity contribution in [2.75, 3.05) is 6.26 Å². The molecule has 0 bridgehead atoms. The highest BCUT2D eigenvalue weighted by Crippen LogP contribution is 2.24. The Morgan fingerprint density at radius 1 is 1.35 bits per heavy atom. The molecule has 0 N–H and O–H groups in total. The Balaban J connectivity index is 3.63. The monoisotopic (exact) mass is 249 g/mol. The Hall–Kier alpha value is -1.92. The molecule has 0 fully saturated rings. The minimum Gasteiger partial charge on any atom is -0.254 e. The van der Waals surface area contributed by atoms with Gasteiger partial charge in [-0.3, -0.25) is 4.98 Å². The van der Waals surface area contributed by atoms with Gasteiger partial charge >= 0.3 is 0 Å². The Morgan fingerprint density at radius 3 is 2.35 bits per heavy atom. The highest BCUT2D eigenvalue weighted by Gasteiger charge is 2.27. The molecule has 88 valence electrons. The van der Waals surface area contributed by atoms with Gasteiger partial charge in [0.15, 0.2) is 15.1 Å². The summed E-state index contributed by atoms with van der Waals surface area (Å²) in [4.78, 5) is 4.02. The van der Waals surface area contributed by atoms with Gasteiger partial charge < -0.3 is 0 Å². The Kier molecular flexibility index (Phi) is 3.50. The number of nitriles is 2. The number of hydrogen-bond donors (Lipinski definition) is 0. The van der Waals surface area contributed by atoms with Crippen LogP contribution in [-0.2, 0) is 9.84 Å². The molecular formula is C11H11N3O2S. The maximum absolute atomic E-state index is 11.5. The van der Waals surface area contributed by atoms with Crippen LogP contribution in [0.25, 0.3) is 0 Å². The van der Waals surface area contributed by atoms with Crippen LogP contribution >= 0.6 is 0 Å². The second-order valence-electron chi connectivity index (χ2n) is 3.79. The van der Waals surface area contributed by atoms with Crippen LogP contribution in [-0.4, -0.2) is 19.7 Å². The summed E-state index contributed by atoms with van der Waals surface area (Å²) in [5.41, 5.74) is 1.39. The third-order valence-electron chi connectivity index (χ3n) is 2.28. The average molecular weight is 249 g/mol. The number of sulfone groups is 1. The van der Waals surface area contributed by atoms with Gasteiger partial charge in [-0.25, -0.2) is 8.42 Å². The summed E-state index contributed by atoms with van der Waals surface area (Å²) in [6.45, 7) is 3.38. The van der Waals surface area contributed by atoms with E-state index >= 15 is 0 Å². The second kappa shape index (κ2) is 4.52. The summed E-state index contributed by atoms with van der Waals surface area (Å²) in [5.74, 6) is 0. The molecule has 1 atom stereocenters. The second-order valence-corrected chi connectivity index (χ2v) is 5.92. The minimum absolute atomic E-state index is 0.0231. The Labute approximate surface area is 100 Å². The van der Waals surface area contributed by atoms with Gasteiger partial charge in [-0.05, 0) is 25.5 Å². The van der Waals surface area contributed by atoms with Gasteiger partial charge in [-0.2, -0.15) is 10.5 Å². The first-order valence-electron chi connectivity index (χ1n) is 4.78.